The van der Waals surface area contributed by atoms with Crippen molar-refractivity contribution < 1.29 is 9.53 Å². The standard InChI is InChI=1S/C26H31N3O2/c1-2-9-20-10-3-6-13-24(20)31-19-8-7-18-29-23-12-5-4-11-22(23)28-25(29)16-17-27-26(30)21-14-15-21/h2-6,10-13,21H,1,7-9,14-19H2,(H,27,30). The second-order valence-electron chi connectivity index (χ2n) is 8.14. The molecule has 31 heavy (non-hydrogen) atoms. The molecule has 1 amide bonds. The normalized spacial score (nSPS) is 13.3. The molecule has 0 atom stereocenters. The number of aryl methyl sites for hydroxylation is 1. The van der Waals surface area contributed by atoms with Crippen molar-refractivity contribution >= 4 is 16.9 Å². The number of aromatic nitrogens is 2. The molecule has 5 heteroatoms. The maximum absolute atomic E-state index is 11.9. The Morgan fingerprint density at radius 2 is 1.97 bits per heavy atom. The van der Waals surface area contributed by atoms with Crippen LogP contribution >= 0.6 is 0 Å². The number of hydrogen-bond donors (Lipinski definition) is 1. The van der Waals surface area contributed by atoms with Crippen LogP contribution < -0.4 is 10.1 Å². The predicted octanol–water partition coefficient (Wildman–Crippen LogP) is 4.69. The number of nitrogens with one attached hydrogen (secondary N) is 1. The Kier molecular flexibility index (Phi) is 7.03. The number of amides is 1. The molecule has 3 aromatic rings. The van der Waals surface area contributed by atoms with E-state index in [1.54, 1.807) is 0 Å². The van der Waals surface area contributed by atoms with Gasteiger partial charge in [-0.25, -0.2) is 4.98 Å². The predicted molar refractivity (Wildman–Crippen MR) is 124 cm³/mol. The zero-order chi connectivity index (χ0) is 21.5. The van der Waals surface area contributed by atoms with E-state index in [2.05, 4.69) is 40.7 Å². The fourth-order valence-electron chi connectivity index (χ4n) is 3.88. The molecular weight excluding hydrogens is 386 g/mol. The molecular formula is C26H31N3O2. The number of allylic oxidation sites excluding steroid dienone is 1. The maximum Gasteiger partial charge on any atom is 0.223 e. The number of fused-ring (bicyclic) bond motifs is 1. The van der Waals surface area contributed by atoms with Crippen molar-refractivity contribution in [3.8, 4) is 5.75 Å². The van der Waals surface area contributed by atoms with Gasteiger partial charge in [-0.3, -0.25) is 4.79 Å². The van der Waals surface area contributed by atoms with Crippen LogP contribution in [0, 0.1) is 5.92 Å². The third kappa shape index (κ3) is 5.54. The van der Waals surface area contributed by atoms with Gasteiger partial charge in [-0.1, -0.05) is 36.4 Å². The highest BCUT2D eigenvalue weighted by atomic mass is 16.5. The van der Waals surface area contributed by atoms with Crippen LogP contribution in [0.3, 0.4) is 0 Å². The molecule has 1 aromatic heterocycles. The van der Waals surface area contributed by atoms with Crippen LogP contribution in [0.15, 0.2) is 61.2 Å². The molecule has 0 saturated heterocycles. The average molecular weight is 418 g/mol. The summed E-state index contributed by atoms with van der Waals surface area (Å²) in [6.45, 7) is 6.05. The summed E-state index contributed by atoms with van der Waals surface area (Å²) in [5.74, 6) is 2.42. The molecule has 0 spiro atoms. The van der Waals surface area contributed by atoms with E-state index in [1.165, 1.54) is 5.56 Å². The molecule has 1 N–H and O–H groups in total. The minimum Gasteiger partial charge on any atom is -0.493 e. The van der Waals surface area contributed by atoms with Gasteiger partial charge in [0, 0.05) is 25.4 Å². The number of hydrogen-bond acceptors (Lipinski definition) is 3. The van der Waals surface area contributed by atoms with Crippen LogP contribution in [-0.2, 0) is 24.2 Å². The molecule has 1 aliphatic rings. The van der Waals surface area contributed by atoms with Gasteiger partial charge in [0.15, 0.2) is 0 Å². The van der Waals surface area contributed by atoms with Crippen molar-refractivity contribution in [2.45, 2.75) is 45.1 Å². The summed E-state index contributed by atoms with van der Waals surface area (Å²) in [4.78, 5) is 16.7. The molecule has 1 fully saturated rings. The van der Waals surface area contributed by atoms with Gasteiger partial charge in [-0.15, -0.1) is 6.58 Å². The second kappa shape index (κ2) is 10.3. The highest BCUT2D eigenvalue weighted by Gasteiger charge is 2.29. The van der Waals surface area contributed by atoms with E-state index in [-0.39, 0.29) is 11.8 Å². The van der Waals surface area contributed by atoms with Crippen LogP contribution in [0.2, 0.25) is 0 Å². The van der Waals surface area contributed by atoms with Gasteiger partial charge in [0.25, 0.3) is 0 Å². The van der Waals surface area contributed by atoms with Gasteiger partial charge in [-0.2, -0.15) is 0 Å². The molecule has 4 rings (SSSR count). The van der Waals surface area contributed by atoms with Crippen LogP contribution in [0.4, 0.5) is 0 Å². The monoisotopic (exact) mass is 417 g/mol. The van der Waals surface area contributed by atoms with E-state index in [0.29, 0.717) is 13.2 Å². The number of ether oxygens (including phenoxy) is 1. The molecule has 162 valence electrons. The number of carbonyl (C=O) groups is 1. The van der Waals surface area contributed by atoms with Gasteiger partial charge in [-0.05, 0) is 55.9 Å². The Balaban J connectivity index is 1.32. The smallest absolute Gasteiger partial charge is 0.223 e. The number of rotatable bonds is 12. The van der Waals surface area contributed by atoms with Gasteiger partial charge in [0.05, 0.1) is 17.6 Å². The number of para-hydroxylation sites is 3. The van der Waals surface area contributed by atoms with Gasteiger partial charge < -0.3 is 14.6 Å². The number of carbonyl (C=O) groups excluding carboxylic acids is 1. The van der Waals surface area contributed by atoms with Gasteiger partial charge in [0.1, 0.15) is 11.6 Å². The van der Waals surface area contributed by atoms with Crippen LogP contribution in [0.5, 0.6) is 5.75 Å². The molecule has 0 bridgehead atoms. The quantitative estimate of drug-likeness (QED) is 0.343. The summed E-state index contributed by atoms with van der Waals surface area (Å²) in [5, 5.41) is 3.06. The van der Waals surface area contributed by atoms with Gasteiger partial charge >= 0.3 is 0 Å². The van der Waals surface area contributed by atoms with E-state index >= 15 is 0 Å². The first-order valence-electron chi connectivity index (χ1n) is 11.3. The number of imidazole rings is 1. The zero-order valence-electron chi connectivity index (χ0n) is 18.1. The maximum atomic E-state index is 11.9. The summed E-state index contributed by atoms with van der Waals surface area (Å²) < 4.78 is 8.32. The first kappa shape index (κ1) is 21.2. The molecule has 2 aromatic carbocycles. The Labute approximate surface area is 184 Å². The lowest BCUT2D eigenvalue weighted by atomic mass is 10.1. The van der Waals surface area contributed by atoms with E-state index < -0.39 is 0 Å². The molecule has 5 nitrogen and oxygen atoms in total. The first-order chi connectivity index (χ1) is 15.3. The lowest BCUT2D eigenvalue weighted by molar-refractivity contribution is -0.122. The summed E-state index contributed by atoms with van der Waals surface area (Å²) in [7, 11) is 0. The molecule has 0 radical (unpaired) electrons. The van der Waals surface area contributed by atoms with Crippen molar-refractivity contribution in [2.24, 2.45) is 5.92 Å². The molecule has 1 heterocycles. The number of unbranched alkanes of at least 4 members (excludes halogenated alkanes) is 1. The molecule has 1 aliphatic carbocycles. The van der Waals surface area contributed by atoms with E-state index in [1.807, 2.05) is 30.3 Å². The second-order valence-corrected chi connectivity index (χ2v) is 8.14. The third-order valence-electron chi connectivity index (χ3n) is 5.70. The van der Waals surface area contributed by atoms with Crippen molar-refractivity contribution in [3.05, 3.63) is 72.6 Å². The summed E-state index contributed by atoms with van der Waals surface area (Å²) in [5.41, 5.74) is 3.34. The van der Waals surface area contributed by atoms with Gasteiger partial charge in [0.2, 0.25) is 5.91 Å². The van der Waals surface area contributed by atoms with E-state index in [4.69, 9.17) is 9.72 Å². The molecule has 0 aliphatic heterocycles. The van der Waals surface area contributed by atoms with E-state index in [0.717, 1.165) is 67.7 Å². The molecule has 1 saturated carbocycles. The fourth-order valence-corrected chi connectivity index (χ4v) is 3.88. The third-order valence-corrected chi connectivity index (χ3v) is 5.70. The van der Waals surface area contributed by atoms with E-state index in [9.17, 15) is 4.79 Å². The van der Waals surface area contributed by atoms with Crippen molar-refractivity contribution in [1.29, 1.82) is 0 Å². The summed E-state index contributed by atoms with van der Waals surface area (Å²) in [6, 6.07) is 16.4. The van der Waals surface area contributed by atoms with Crippen LogP contribution in [0.25, 0.3) is 11.0 Å². The van der Waals surface area contributed by atoms with Crippen molar-refractivity contribution in [1.82, 2.24) is 14.9 Å². The van der Waals surface area contributed by atoms with Crippen molar-refractivity contribution in [3.63, 3.8) is 0 Å². The first-order valence-corrected chi connectivity index (χ1v) is 11.3. The fraction of sp³-hybridized carbons (Fsp3) is 0.385. The average Bonchev–Trinajstić information content (AvgIpc) is 3.58. The Bertz CT molecular complexity index is 1040. The van der Waals surface area contributed by atoms with Crippen molar-refractivity contribution in [2.75, 3.05) is 13.2 Å². The number of benzene rings is 2. The Morgan fingerprint density at radius 3 is 2.81 bits per heavy atom. The zero-order valence-corrected chi connectivity index (χ0v) is 18.1. The largest absolute Gasteiger partial charge is 0.493 e. The molecule has 0 unspecified atom stereocenters. The number of nitrogens with zero attached hydrogens (tertiary/aromatic N) is 2. The SMILES string of the molecule is C=CCc1ccccc1OCCCCn1c(CCNC(=O)C2CC2)nc2ccccc21. The van der Waals surface area contributed by atoms with Crippen LogP contribution in [0.1, 0.15) is 37.1 Å². The minimum absolute atomic E-state index is 0.191. The highest BCUT2D eigenvalue weighted by molar-refractivity contribution is 5.80. The summed E-state index contributed by atoms with van der Waals surface area (Å²) >= 11 is 0. The Hall–Kier alpha value is -3.08. The Morgan fingerprint density at radius 1 is 1.16 bits per heavy atom. The minimum atomic E-state index is 0.191. The summed E-state index contributed by atoms with van der Waals surface area (Å²) in [6.07, 6.45) is 7.50. The van der Waals surface area contributed by atoms with Crippen LogP contribution in [-0.4, -0.2) is 28.6 Å². The highest BCUT2D eigenvalue weighted by Crippen LogP contribution is 2.28. The lowest BCUT2D eigenvalue weighted by Gasteiger charge is -2.12. The topological polar surface area (TPSA) is 56.1 Å². The lowest BCUT2D eigenvalue weighted by Crippen LogP contribution is -2.27.